The average Bonchev–Trinajstić information content (AvgIpc) is 2.86. The van der Waals surface area contributed by atoms with Crippen LogP contribution in [0.5, 0.6) is 11.6 Å². The Morgan fingerprint density at radius 3 is 2.44 bits per heavy atom. The van der Waals surface area contributed by atoms with E-state index >= 15 is 0 Å². The first-order chi connectivity index (χ1) is 17.2. The third-order valence-electron chi connectivity index (χ3n) is 6.49. The lowest BCUT2D eigenvalue weighted by Crippen LogP contribution is -2.45. The first kappa shape index (κ1) is 24.5. The highest BCUT2D eigenvalue weighted by atomic mass is 32.2. The molecule has 0 bridgehead atoms. The zero-order valence-corrected chi connectivity index (χ0v) is 20.9. The molecular formula is C25H27F2N5O3S. The Bertz CT molecular complexity index is 1390. The van der Waals surface area contributed by atoms with Crippen molar-refractivity contribution in [2.24, 2.45) is 0 Å². The van der Waals surface area contributed by atoms with E-state index in [-0.39, 0.29) is 29.6 Å². The molecule has 0 atom stereocenters. The maximum atomic E-state index is 13.9. The standard InChI is InChI=1S/C25H27F2N5O3S/c1-17-4-3-5-19(14-17)36(33,34)32-9-8-23-20(16-32)24(35-18-6-7-21(26)22(27)15-18)29-25(28-23)31-12-10-30(2)11-13-31/h3-7,14-15H,8-13,16H2,1-2H3. The van der Waals surface area contributed by atoms with Crippen LogP contribution in [0.25, 0.3) is 0 Å². The van der Waals surface area contributed by atoms with Crippen molar-refractivity contribution in [3.63, 3.8) is 0 Å². The molecule has 36 heavy (non-hydrogen) atoms. The summed E-state index contributed by atoms with van der Waals surface area (Å²) in [7, 11) is -1.72. The first-order valence-electron chi connectivity index (χ1n) is 11.7. The van der Waals surface area contributed by atoms with Gasteiger partial charge in [-0.2, -0.15) is 9.29 Å². The molecule has 0 spiro atoms. The predicted octanol–water partition coefficient (Wildman–Crippen LogP) is 3.35. The summed E-state index contributed by atoms with van der Waals surface area (Å²) in [5.41, 5.74) is 2.04. The normalized spacial score (nSPS) is 17.2. The number of rotatable bonds is 5. The van der Waals surface area contributed by atoms with Crippen molar-refractivity contribution in [1.29, 1.82) is 0 Å². The number of fused-ring (bicyclic) bond motifs is 1. The third kappa shape index (κ3) is 4.91. The van der Waals surface area contributed by atoms with Gasteiger partial charge in [0.05, 0.1) is 16.2 Å². The molecule has 5 rings (SSSR count). The molecule has 11 heteroatoms. The number of anilines is 1. The summed E-state index contributed by atoms with van der Waals surface area (Å²) in [6.45, 7) is 5.26. The number of aryl methyl sites for hydroxylation is 1. The van der Waals surface area contributed by atoms with E-state index < -0.39 is 21.7 Å². The van der Waals surface area contributed by atoms with E-state index in [0.29, 0.717) is 23.6 Å². The lowest BCUT2D eigenvalue weighted by atomic mass is 10.1. The molecule has 3 heterocycles. The van der Waals surface area contributed by atoms with E-state index in [1.165, 1.54) is 10.4 Å². The Hall–Kier alpha value is -3.15. The second kappa shape index (κ2) is 9.72. The number of hydrogen-bond acceptors (Lipinski definition) is 7. The highest BCUT2D eigenvalue weighted by molar-refractivity contribution is 7.89. The summed E-state index contributed by atoms with van der Waals surface area (Å²) in [4.78, 5) is 13.9. The van der Waals surface area contributed by atoms with Crippen LogP contribution in [0, 0.1) is 18.6 Å². The summed E-state index contributed by atoms with van der Waals surface area (Å²) in [6, 6.07) is 10.00. The fourth-order valence-corrected chi connectivity index (χ4v) is 5.88. The van der Waals surface area contributed by atoms with E-state index in [0.717, 1.165) is 43.9 Å². The quantitative estimate of drug-likeness (QED) is 0.516. The van der Waals surface area contributed by atoms with E-state index in [1.54, 1.807) is 18.2 Å². The molecule has 0 N–H and O–H groups in total. The number of halogens is 2. The molecule has 0 amide bonds. The molecule has 8 nitrogen and oxygen atoms in total. The maximum Gasteiger partial charge on any atom is 0.243 e. The SMILES string of the molecule is Cc1cccc(S(=O)(=O)N2CCc3nc(N4CCN(C)CC4)nc(Oc4ccc(F)c(F)c4)c3C2)c1. The highest BCUT2D eigenvalue weighted by Crippen LogP contribution is 2.34. The van der Waals surface area contributed by atoms with E-state index in [2.05, 4.69) is 9.88 Å². The molecule has 1 saturated heterocycles. The van der Waals surface area contributed by atoms with Gasteiger partial charge in [0, 0.05) is 51.8 Å². The van der Waals surface area contributed by atoms with Crippen LogP contribution < -0.4 is 9.64 Å². The Labute approximate surface area is 209 Å². The van der Waals surface area contributed by atoms with Crippen molar-refractivity contribution < 1.29 is 21.9 Å². The highest BCUT2D eigenvalue weighted by Gasteiger charge is 2.33. The van der Waals surface area contributed by atoms with Crippen molar-refractivity contribution in [2.75, 3.05) is 44.7 Å². The number of nitrogens with zero attached hydrogens (tertiary/aromatic N) is 5. The van der Waals surface area contributed by atoms with Crippen molar-refractivity contribution in [1.82, 2.24) is 19.2 Å². The minimum Gasteiger partial charge on any atom is -0.438 e. The van der Waals surface area contributed by atoms with Gasteiger partial charge >= 0.3 is 0 Å². The van der Waals surface area contributed by atoms with E-state index in [9.17, 15) is 17.2 Å². The number of likely N-dealkylation sites (N-methyl/N-ethyl adjacent to an activating group) is 1. The molecule has 0 aliphatic carbocycles. The van der Waals surface area contributed by atoms with Gasteiger partial charge in [0.15, 0.2) is 11.6 Å². The summed E-state index contributed by atoms with van der Waals surface area (Å²) in [5, 5.41) is 0. The second-order valence-corrected chi connectivity index (χ2v) is 11.1. The van der Waals surface area contributed by atoms with E-state index in [1.807, 2.05) is 24.9 Å². The van der Waals surface area contributed by atoms with Crippen molar-refractivity contribution in [2.45, 2.75) is 24.8 Å². The largest absolute Gasteiger partial charge is 0.438 e. The summed E-state index contributed by atoms with van der Waals surface area (Å²) < 4.78 is 61.4. The number of sulfonamides is 1. The topological polar surface area (TPSA) is 78.9 Å². The molecule has 0 saturated carbocycles. The van der Waals surface area contributed by atoms with Crippen LogP contribution in [0.1, 0.15) is 16.8 Å². The van der Waals surface area contributed by atoms with Gasteiger partial charge in [-0.15, -0.1) is 0 Å². The van der Waals surface area contributed by atoms with Crippen LogP contribution >= 0.6 is 0 Å². The van der Waals surface area contributed by atoms with Gasteiger partial charge in [-0.05, 0) is 43.8 Å². The van der Waals surface area contributed by atoms with Gasteiger partial charge in [0.2, 0.25) is 21.9 Å². The molecule has 2 aliphatic heterocycles. The fraction of sp³-hybridized carbons (Fsp3) is 0.360. The molecule has 3 aromatic rings. The monoisotopic (exact) mass is 515 g/mol. The lowest BCUT2D eigenvalue weighted by Gasteiger charge is -2.34. The van der Waals surface area contributed by atoms with Crippen molar-refractivity contribution >= 4 is 16.0 Å². The zero-order chi connectivity index (χ0) is 25.4. The van der Waals surface area contributed by atoms with Crippen molar-refractivity contribution in [3.8, 4) is 11.6 Å². The Morgan fingerprint density at radius 2 is 1.72 bits per heavy atom. The number of aromatic nitrogens is 2. The smallest absolute Gasteiger partial charge is 0.243 e. The summed E-state index contributed by atoms with van der Waals surface area (Å²) >= 11 is 0. The summed E-state index contributed by atoms with van der Waals surface area (Å²) in [5.74, 6) is -1.34. The Kier molecular flexibility index (Phi) is 6.62. The third-order valence-corrected chi connectivity index (χ3v) is 8.34. The van der Waals surface area contributed by atoms with Crippen molar-refractivity contribution in [3.05, 3.63) is 70.9 Å². The van der Waals surface area contributed by atoms with Crippen LogP contribution in [0.4, 0.5) is 14.7 Å². The average molecular weight is 516 g/mol. The first-order valence-corrected chi connectivity index (χ1v) is 13.2. The number of piperazine rings is 1. The fourth-order valence-electron chi connectivity index (χ4n) is 4.36. The molecule has 0 radical (unpaired) electrons. The van der Waals surface area contributed by atoms with Crippen LogP contribution in [-0.2, 0) is 23.0 Å². The lowest BCUT2D eigenvalue weighted by molar-refractivity contribution is 0.310. The molecule has 1 aromatic heterocycles. The molecule has 2 aliphatic rings. The number of ether oxygens (including phenoxy) is 1. The van der Waals surface area contributed by atoms with Gasteiger partial charge in [-0.3, -0.25) is 0 Å². The van der Waals surface area contributed by atoms with Crippen LogP contribution in [0.15, 0.2) is 47.4 Å². The Balaban J connectivity index is 1.52. The van der Waals surface area contributed by atoms with Gasteiger partial charge < -0.3 is 14.5 Å². The predicted molar refractivity (Wildman–Crippen MR) is 131 cm³/mol. The number of benzene rings is 2. The van der Waals surface area contributed by atoms with Crippen LogP contribution in [0.3, 0.4) is 0 Å². The number of hydrogen-bond donors (Lipinski definition) is 0. The Morgan fingerprint density at radius 1 is 0.944 bits per heavy atom. The molecule has 1 fully saturated rings. The van der Waals surface area contributed by atoms with E-state index in [4.69, 9.17) is 9.72 Å². The maximum absolute atomic E-state index is 13.9. The molecule has 0 unspecified atom stereocenters. The second-order valence-electron chi connectivity index (χ2n) is 9.13. The van der Waals surface area contributed by atoms with Gasteiger partial charge in [0.1, 0.15) is 5.75 Å². The molecular weight excluding hydrogens is 488 g/mol. The van der Waals surface area contributed by atoms with Gasteiger partial charge in [0.25, 0.3) is 0 Å². The summed E-state index contributed by atoms with van der Waals surface area (Å²) in [6.07, 6.45) is 0.373. The van der Waals surface area contributed by atoms with Crippen LogP contribution in [0.2, 0.25) is 0 Å². The molecule has 2 aromatic carbocycles. The van der Waals surface area contributed by atoms with Gasteiger partial charge in [-0.1, -0.05) is 12.1 Å². The van der Waals surface area contributed by atoms with Gasteiger partial charge in [-0.25, -0.2) is 22.2 Å². The minimum absolute atomic E-state index is 0.00758. The molecule has 190 valence electrons. The van der Waals surface area contributed by atoms with Crippen LogP contribution in [-0.4, -0.2) is 67.4 Å². The zero-order valence-electron chi connectivity index (χ0n) is 20.1. The minimum atomic E-state index is -3.77.